The number of methoxy groups -OCH3 is 2. The number of carbonyl (C=O) groups is 1. The van der Waals surface area contributed by atoms with E-state index in [2.05, 4.69) is 4.90 Å². The monoisotopic (exact) mass is 301 g/mol. The lowest BCUT2D eigenvalue weighted by Gasteiger charge is -2.21. The molecule has 1 aromatic heterocycles. The number of anilines is 2. The van der Waals surface area contributed by atoms with Gasteiger partial charge in [0.05, 0.1) is 13.7 Å². The van der Waals surface area contributed by atoms with E-state index < -0.39 is 0 Å². The Hall–Kier alpha value is -1.47. The van der Waals surface area contributed by atoms with E-state index in [0.717, 1.165) is 18.1 Å². The Morgan fingerprint density at radius 3 is 2.45 bits per heavy atom. The van der Waals surface area contributed by atoms with E-state index in [9.17, 15) is 4.79 Å². The molecule has 0 saturated carbocycles. The van der Waals surface area contributed by atoms with Crippen molar-refractivity contribution in [1.29, 1.82) is 0 Å². The van der Waals surface area contributed by atoms with Gasteiger partial charge in [0.2, 0.25) is 0 Å². The topological polar surface area (TPSA) is 68.0 Å². The zero-order chi connectivity index (χ0) is 15.3. The average molecular weight is 301 g/mol. The Kier molecular flexibility index (Phi) is 6.09. The van der Waals surface area contributed by atoms with Crippen molar-refractivity contribution in [2.24, 2.45) is 0 Å². The molecule has 0 atom stereocenters. The highest BCUT2D eigenvalue weighted by Gasteiger charge is 2.25. The summed E-state index contributed by atoms with van der Waals surface area (Å²) in [4.78, 5) is 16.2. The molecular weight excluding hydrogens is 278 g/mol. The van der Waals surface area contributed by atoms with Gasteiger partial charge in [0.15, 0.2) is 5.75 Å². The molecule has 1 rings (SSSR count). The molecule has 1 heterocycles. The Morgan fingerprint density at radius 1 is 1.35 bits per heavy atom. The summed E-state index contributed by atoms with van der Waals surface area (Å²) >= 11 is 1.36. The lowest BCUT2D eigenvalue weighted by Crippen LogP contribution is -2.26. The summed E-state index contributed by atoms with van der Waals surface area (Å²) in [5.41, 5.74) is 6.46. The Balaban J connectivity index is 3.18. The molecule has 7 heteroatoms. The van der Waals surface area contributed by atoms with Gasteiger partial charge in [0, 0.05) is 34.3 Å². The summed E-state index contributed by atoms with van der Waals surface area (Å²) in [6.07, 6.45) is 0. The lowest BCUT2D eigenvalue weighted by atomic mass is 10.3. The van der Waals surface area contributed by atoms with Gasteiger partial charge in [-0.1, -0.05) is 0 Å². The zero-order valence-electron chi connectivity index (χ0n) is 12.7. The van der Waals surface area contributed by atoms with E-state index in [4.69, 9.17) is 15.2 Å². The highest BCUT2D eigenvalue weighted by Crippen LogP contribution is 2.44. The smallest absolute Gasteiger partial charge is 0.265 e. The van der Waals surface area contributed by atoms with E-state index in [1.54, 1.807) is 28.3 Å². The van der Waals surface area contributed by atoms with Crippen LogP contribution in [-0.4, -0.2) is 58.8 Å². The fourth-order valence-electron chi connectivity index (χ4n) is 1.79. The van der Waals surface area contributed by atoms with E-state index >= 15 is 0 Å². The van der Waals surface area contributed by atoms with Crippen LogP contribution in [0.3, 0.4) is 0 Å². The van der Waals surface area contributed by atoms with E-state index in [1.165, 1.54) is 16.2 Å². The number of carbonyl (C=O) groups excluding carboxylic acids is 1. The molecule has 0 aliphatic rings. The number of hydrogen-bond donors (Lipinski definition) is 1. The molecule has 0 fully saturated rings. The van der Waals surface area contributed by atoms with Gasteiger partial charge in [0.1, 0.15) is 15.6 Å². The number of ether oxygens (including phenoxy) is 2. The second-order valence-corrected chi connectivity index (χ2v) is 5.45. The predicted octanol–water partition coefficient (Wildman–Crippen LogP) is 1.51. The van der Waals surface area contributed by atoms with Gasteiger partial charge in [-0.2, -0.15) is 0 Å². The normalized spacial score (nSPS) is 10.4. The number of thiophene rings is 1. The number of nitrogen functional groups attached to an aromatic ring is 1. The maximum Gasteiger partial charge on any atom is 0.265 e. The Labute approximate surface area is 124 Å². The zero-order valence-corrected chi connectivity index (χ0v) is 13.5. The second-order valence-electron chi connectivity index (χ2n) is 4.46. The molecule has 0 saturated heterocycles. The van der Waals surface area contributed by atoms with Crippen molar-refractivity contribution in [3.63, 3.8) is 0 Å². The quantitative estimate of drug-likeness (QED) is 0.827. The molecule has 0 unspecified atom stereocenters. The van der Waals surface area contributed by atoms with Crippen molar-refractivity contribution in [2.45, 2.75) is 6.92 Å². The maximum absolute atomic E-state index is 12.1. The Bertz CT molecular complexity index is 460. The number of likely N-dealkylation sites (N-methyl/N-ethyl adjacent to an activating group) is 1. The predicted molar refractivity (Wildman–Crippen MR) is 83.1 cm³/mol. The van der Waals surface area contributed by atoms with Crippen molar-refractivity contribution >= 4 is 27.9 Å². The lowest BCUT2D eigenvalue weighted by molar-refractivity contribution is 0.0833. The Morgan fingerprint density at radius 2 is 2.00 bits per heavy atom. The molecular formula is C13H23N3O3S. The number of nitrogens with two attached hydrogens (primary N) is 1. The van der Waals surface area contributed by atoms with Gasteiger partial charge in [-0.25, -0.2) is 0 Å². The summed E-state index contributed by atoms with van der Waals surface area (Å²) in [5.74, 6) is 0.456. The molecule has 2 N–H and O–H groups in total. The number of nitrogens with zero attached hydrogens (tertiary/aromatic N) is 2. The molecule has 1 aromatic rings. The van der Waals surface area contributed by atoms with Crippen LogP contribution in [0.4, 0.5) is 10.7 Å². The first-order valence-electron chi connectivity index (χ1n) is 6.39. The third-order valence-corrected chi connectivity index (χ3v) is 4.16. The van der Waals surface area contributed by atoms with Gasteiger partial charge < -0.3 is 25.0 Å². The highest BCUT2D eigenvalue weighted by molar-refractivity contribution is 7.19. The van der Waals surface area contributed by atoms with E-state index in [-0.39, 0.29) is 5.91 Å². The number of hydrogen-bond acceptors (Lipinski definition) is 6. The number of rotatable bonds is 7. The molecule has 0 bridgehead atoms. The van der Waals surface area contributed by atoms with Gasteiger partial charge in [0.25, 0.3) is 5.91 Å². The molecule has 0 aromatic carbocycles. The minimum atomic E-state index is -0.111. The van der Waals surface area contributed by atoms with Crippen molar-refractivity contribution in [3.8, 4) is 5.75 Å². The molecule has 6 nitrogen and oxygen atoms in total. The van der Waals surface area contributed by atoms with E-state index in [0.29, 0.717) is 22.9 Å². The summed E-state index contributed by atoms with van der Waals surface area (Å²) in [7, 11) is 6.64. The van der Waals surface area contributed by atoms with Crippen LogP contribution in [0, 0.1) is 0 Å². The average Bonchev–Trinajstić information content (AvgIpc) is 2.75. The van der Waals surface area contributed by atoms with Gasteiger partial charge in [-0.15, -0.1) is 11.3 Å². The first-order valence-corrected chi connectivity index (χ1v) is 7.21. The van der Waals surface area contributed by atoms with Gasteiger partial charge in [-0.3, -0.25) is 4.79 Å². The first-order chi connectivity index (χ1) is 9.47. The van der Waals surface area contributed by atoms with Gasteiger partial charge >= 0.3 is 0 Å². The first kappa shape index (κ1) is 16.6. The maximum atomic E-state index is 12.1. The van der Waals surface area contributed by atoms with Crippen molar-refractivity contribution in [3.05, 3.63) is 4.88 Å². The fourth-order valence-corrected chi connectivity index (χ4v) is 3.09. The van der Waals surface area contributed by atoms with Crippen LogP contribution < -0.4 is 15.4 Å². The molecule has 0 radical (unpaired) electrons. The van der Waals surface area contributed by atoms with Crippen molar-refractivity contribution < 1.29 is 14.3 Å². The summed E-state index contributed by atoms with van der Waals surface area (Å²) in [6.45, 7) is 4.15. The molecule has 0 spiro atoms. The highest BCUT2D eigenvalue weighted by atomic mass is 32.1. The van der Waals surface area contributed by atoms with Crippen LogP contribution in [-0.2, 0) is 4.74 Å². The fraction of sp³-hybridized carbons (Fsp3) is 0.615. The minimum absolute atomic E-state index is 0.111. The molecule has 0 aliphatic carbocycles. The SMILES string of the molecule is CCN(CCOC)c1sc(C(=O)N(C)C)c(N)c1OC. The minimum Gasteiger partial charge on any atom is -0.492 e. The van der Waals surface area contributed by atoms with Crippen LogP contribution in [0.1, 0.15) is 16.6 Å². The van der Waals surface area contributed by atoms with Crippen LogP contribution in [0.15, 0.2) is 0 Å². The summed E-state index contributed by atoms with van der Waals surface area (Å²) in [6, 6.07) is 0. The molecule has 114 valence electrons. The summed E-state index contributed by atoms with van der Waals surface area (Å²) < 4.78 is 10.5. The van der Waals surface area contributed by atoms with Crippen LogP contribution in [0.2, 0.25) is 0 Å². The second kappa shape index (κ2) is 7.35. The third kappa shape index (κ3) is 3.34. The van der Waals surface area contributed by atoms with Crippen LogP contribution in [0.5, 0.6) is 5.75 Å². The largest absolute Gasteiger partial charge is 0.492 e. The van der Waals surface area contributed by atoms with E-state index in [1.807, 2.05) is 6.92 Å². The van der Waals surface area contributed by atoms with Crippen LogP contribution in [0.25, 0.3) is 0 Å². The van der Waals surface area contributed by atoms with Gasteiger partial charge in [-0.05, 0) is 6.92 Å². The summed E-state index contributed by atoms with van der Waals surface area (Å²) in [5, 5.41) is 0.870. The van der Waals surface area contributed by atoms with Crippen molar-refractivity contribution in [2.75, 3.05) is 58.6 Å². The van der Waals surface area contributed by atoms with Crippen molar-refractivity contribution in [1.82, 2.24) is 4.90 Å². The third-order valence-electron chi connectivity index (χ3n) is 2.92. The number of amides is 1. The molecule has 20 heavy (non-hydrogen) atoms. The standard InChI is InChI=1S/C13H23N3O3S/c1-6-16(7-8-18-4)13-10(19-5)9(14)11(20-13)12(17)15(2)3/h6-8,14H2,1-5H3. The van der Waals surface area contributed by atoms with Crippen LogP contribution >= 0.6 is 11.3 Å². The molecule has 1 amide bonds. The molecule has 0 aliphatic heterocycles.